The van der Waals surface area contributed by atoms with Crippen molar-refractivity contribution < 1.29 is 9.53 Å². The second kappa shape index (κ2) is 7.95. The molecule has 1 heterocycles. The van der Waals surface area contributed by atoms with Gasteiger partial charge in [0.05, 0.1) is 24.4 Å². The smallest absolute Gasteiger partial charge is 0.251 e. The Balaban J connectivity index is 1.75. The first-order valence-electron chi connectivity index (χ1n) is 8.08. The molecule has 0 aliphatic heterocycles. The number of carbonyl (C=O) groups is 1. The number of nitrogens with one attached hydrogen (secondary N) is 1. The van der Waals surface area contributed by atoms with Gasteiger partial charge in [0.15, 0.2) is 0 Å². The summed E-state index contributed by atoms with van der Waals surface area (Å²) in [6, 6.07) is 20.0. The Morgan fingerprint density at radius 3 is 2.50 bits per heavy atom. The fraction of sp³-hybridized carbons (Fsp3) is 0.0952. The number of nitriles is 1. The fourth-order valence-electron chi connectivity index (χ4n) is 2.56. The summed E-state index contributed by atoms with van der Waals surface area (Å²) in [6.45, 7) is 0.355. The Morgan fingerprint density at radius 1 is 1.12 bits per heavy atom. The molecule has 0 saturated heterocycles. The van der Waals surface area contributed by atoms with Crippen LogP contribution in [0.4, 0.5) is 0 Å². The average molecular weight is 343 g/mol. The minimum absolute atomic E-state index is 0.195. The predicted octanol–water partition coefficient (Wildman–Crippen LogP) is 3.56. The average Bonchev–Trinajstić information content (AvgIpc) is 2.72. The molecular weight excluding hydrogens is 326 g/mol. The molecule has 128 valence electrons. The summed E-state index contributed by atoms with van der Waals surface area (Å²) in [4.78, 5) is 16.8. The second-order valence-corrected chi connectivity index (χ2v) is 5.61. The Labute approximate surface area is 151 Å². The molecule has 2 aromatic carbocycles. The maximum Gasteiger partial charge on any atom is 0.251 e. The van der Waals surface area contributed by atoms with E-state index in [9.17, 15) is 4.79 Å². The van der Waals surface area contributed by atoms with Crippen LogP contribution >= 0.6 is 0 Å². The van der Waals surface area contributed by atoms with Gasteiger partial charge < -0.3 is 10.1 Å². The molecule has 1 aromatic heterocycles. The van der Waals surface area contributed by atoms with Crippen molar-refractivity contribution in [3.8, 4) is 23.1 Å². The molecule has 0 bridgehead atoms. The summed E-state index contributed by atoms with van der Waals surface area (Å²) >= 11 is 0. The predicted molar refractivity (Wildman–Crippen MR) is 98.6 cm³/mol. The van der Waals surface area contributed by atoms with Gasteiger partial charge >= 0.3 is 0 Å². The van der Waals surface area contributed by atoms with E-state index in [2.05, 4.69) is 10.3 Å². The van der Waals surface area contributed by atoms with E-state index in [0.29, 0.717) is 17.7 Å². The zero-order valence-electron chi connectivity index (χ0n) is 14.3. The monoisotopic (exact) mass is 343 g/mol. The molecule has 0 saturated carbocycles. The summed E-state index contributed by atoms with van der Waals surface area (Å²) in [6.07, 6.45) is 1.73. The van der Waals surface area contributed by atoms with E-state index in [-0.39, 0.29) is 5.91 Å². The van der Waals surface area contributed by atoms with Gasteiger partial charge in [-0.15, -0.1) is 0 Å². The molecule has 0 radical (unpaired) electrons. The van der Waals surface area contributed by atoms with Gasteiger partial charge in [0.2, 0.25) is 0 Å². The molecule has 0 atom stereocenters. The number of ether oxygens (including phenoxy) is 1. The molecule has 0 aliphatic carbocycles. The molecule has 1 N–H and O–H groups in total. The van der Waals surface area contributed by atoms with Crippen molar-refractivity contribution >= 4 is 5.91 Å². The largest absolute Gasteiger partial charge is 0.497 e. The Kier molecular flexibility index (Phi) is 5.25. The normalized spacial score (nSPS) is 10.0. The van der Waals surface area contributed by atoms with Gasteiger partial charge in [-0.05, 0) is 60.2 Å². The molecule has 3 aromatic rings. The maximum absolute atomic E-state index is 12.3. The first kappa shape index (κ1) is 17.2. The van der Waals surface area contributed by atoms with Crippen molar-refractivity contribution in [1.82, 2.24) is 10.3 Å². The van der Waals surface area contributed by atoms with Gasteiger partial charge in [0, 0.05) is 23.9 Å². The molecule has 0 fully saturated rings. The third kappa shape index (κ3) is 3.87. The number of hydrogen-bond donors (Lipinski definition) is 1. The number of amides is 1. The van der Waals surface area contributed by atoms with E-state index in [1.54, 1.807) is 37.6 Å². The van der Waals surface area contributed by atoms with Crippen LogP contribution in [0.3, 0.4) is 0 Å². The molecule has 3 rings (SSSR count). The maximum atomic E-state index is 12.3. The summed E-state index contributed by atoms with van der Waals surface area (Å²) in [7, 11) is 1.62. The molecule has 5 heteroatoms. The van der Waals surface area contributed by atoms with Crippen molar-refractivity contribution in [1.29, 1.82) is 5.26 Å². The van der Waals surface area contributed by atoms with Crippen LogP contribution in [0.25, 0.3) is 11.3 Å². The SMILES string of the molecule is COc1ccc(-c2ncccc2CNC(=O)c2ccc(C#N)cc2)cc1. The highest BCUT2D eigenvalue weighted by atomic mass is 16.5. The standard InChI is InChI=1S/C21H17N3O2/c1-26-19-10-8-16(9-11-19)20-18(3-2-12-23-20)14-24-21(25)17-6-4-15(13-22)5-7-17/h2-12H,14H2,1H3,(H,24,25). The van der Waals surface area contributed by atoms with E-state index >= 15 is 0 Å². The van der Waals surface area contributed by atoms with E-state index in [1.807, 2.05) is 42.5 Å². The lowest BCUT2D eigenvalue weighted by Gasteiger charge is -2.11. The third-order valence-corrected chi connectivity index (χ3v) is 3.97. The van der Waals surface area contributed by atoms with Crippen LogP contribution in [0.5, 0.6) is 5.75 Å². The van der Waals surface area contributed by atoms with Gasteiger partial charge in [-0.25, -0.2) is 0 Å². The topological polar surface area (TPSA) is 75.0 Å². The minimum Gasteiger partial charge on any atom is -0.497 e. The third-order valence-electron chi connectivity index (χ3n) is 3.97. The molecule has 0 spiro atoms. The van der Waals surface area contributed by atoms with Gasteiger partial charge in [-0.3, -0.25) is 9.78 Å². The molecule has 1 amide bonds. The van der Waals surface area contributed by atoms with Gasteiger partial charge in [-0.1, -0.05) is 6.07 Å². The first-order chi connectivity index (χ1) is 12.7. The Bertz CT molecular complexity index is 942. The van der Waals surface area contributed by atoms with Crippen LogP contribution in [0.2, 0.25) is 0 Å². The molecule has 0 unspecified atom stereocenters. The second-order valence-electron chi connectivity index (χ2n) is 5.61. The van der Waals surface area contributed by atoms with Crippen LogP contribution in [-0.4, -0.2) is 18.0 Å². The van der Waals surface area contributed by atoms with Crippen molar-refractivity contribution in [3.05, 3.63) is 83.6 Å². The highest BCUT2D eigenvalue weighted by Gasteiger charge is 2.10. The quantitative estimate of drug-likeness (QED) is 0.768. The number of aromatic nitrogens is 1. The highest BCUT2D eigenvalue weighted by Crippen LogP contribution is 2.23. The summed E-state index contributed by atoms with van der Waals surface area (Å²) in [5.74, 6) is 0.583. The van der Waals surface area contributed by atoms with Crippen molar-refractivity contribution in [3.63, 3.8) is 0 Å². The molecule has 26 heavy (non-hydrogen) atoms. The summed E-state index contributed by atoms with van der Waals surface area (Å²) < 4.78 is 5.18. The number of carbonyl (C=O) groups excluding carboxylic acids is 1. The van der Waals surface area contributed by atoms with Gasteiger partial charge in [-0.2, -0.15) is 5.26 Å². The number of methoxy groups -OCH3 is 1. The van der Waals surface area contributed by atoms with Crippen LogP contribution < -0.4 is 10.1 Å². The Morgan fingerprint density at radius 2 is 1.85 bits per heavy atom. The first-order valence-corrected chi connectivity index (χ1v) is 8.08. The molecule has 5 nitrogen and oxygen atoms in total. The summed E-state index contributed by atoms with van der Waals surface area (Å²) in [5.41, 5.74) is 3.72. The lowest BCUT2D eigenvalue weighted by atomic mass is 10.1. The van der Waals surface area contributed by atoms with Gasteiger partial charge in [0.1, 0.15) is 5.75 Å². The highest BCUT2D eigenvalue weighted by molar-refractivity contribution is 5.94. The number of hydrogen-bond acceptors (Lipinski definition) is 4. The summed E-state index contributed by atoms with van der Waals surface area (Å²) in [5, 5.41) is 11.7. The molecule has 0 aliphatic rings. The Hall–Kier alpha value is -3.65. The number of benzene rings is 2. The van der Waals surface area contributed by atoms with Crippen molar-refractivity contribution in [2.24, 2.45) is 0 Å². The number of nitrogens with zero attached hydrogens (tertiary/aromatic N) is 2. The van der Waals surface area contributed by atoms with Crippen LogP contribution in [0.1, 0.15) is 21.5 Å². The minimum atomic E-state index is -0.195. The van der Waals surface area contributed by atoms with Crippen LogP contribution in [0.15, 0.2) is 66.9 Å². The number of pyridine rings is 1. The fourth-order valence-corrected chi connectivity index (χ4v) is 2.56. The zero-order chi connectivity index (χ0) is 18.4. The van der Waals surface area contributed by atoms with Gasteiger partial charge in [0.25, 0.3) is 5.91 Å². The van der Waals surface area contributed by atoms with E-state index in [0.717, 1.165) is 22.6 Å². The van der Waals surface area contributed by atoms with Crippen LogP contribution in [-0.2, 0) is 6.54 Å². The zero-order valence-corrected chi connectivity index (χ0v) is 14.3. The van der Waals surface area contributed by atoms with E-state index < -0.39 is 0 Å². The molecular formula is C21H17N3O2. The van der Waals surface area contributed by atoms with Crippen molar-refractivity contribution in [2.45, 2.75) is 6.54 Å². The van der Waals surface area contributed by atoms with Crippen LogP contribution in [0, 0.1) is 11.3 Å². The number of rotatable bonds is 5. The lowest BCUT2D eigenvalue weighted by Crippen LogP contribution is -2.23. The lowest BCUT2D eigenvalue weighted by molar-refractivity contribution is 0.0951. The van der Waals surface area contributed by atoms with Crippen molar-refractivity contribution in [2.75, 3.05) is 7.11 Å². The van der Waals surface area contributed by atoms with E-state index in [4.69, 9.17) is 10.00 Å². The van der Waals surface area contributed by atoms with E-state index in [1.165, 1.54) is 0 Å².